The van der Waals surface area contributed by atoms with Crippen LogP contribution in [0.25, 0.3) is 17.8 Å². The Morgan fingerprint density at radius 1 is 1.32 bits per heavy atom. The maximum Gasteiger partial charge on any atom is 0.345 e. The number of allylic oxidation sites excluding steroid dienone is 2. The smallest absolute Gasteiger partial charge is 0.345 e. The Morgan fingerprint density at radius 2 is 2.07 bits per heavy atom. The van der Waals surface area contributed by atoms with E-state index in [2.05, 4.69) is 15.4 Å². The highest BCUT2D eigenvalue weighted by atomic mass is 32.2. The molecule has 1 saturated heterocycles. The first-order valence-corrected chi connectivity index (χ1v) is 15.1. The number of H-pyrrole nitrogens is 1. The number of ether oxygens (including phenoxy) is 2. The largest absolute Gasteiger partial charge is 0.598 e. The minimum atomic E-state index is -3.00. The SMILES string of the molecule is CC(=C/COc1ccccc1F)/C(=C\N)n1ncc(C(=O)c2cc3c([nH]2)=CC(NC2CN([S+](C)[O-])C2)C(OC(F)F)C=3)c1N. The van der Waals surface area contributed by atoms with Gasteiger partial charge in [0.1, 0.15) is 24.8 Å². The molecule has 1 fully saturated rings. The molecule has 1 aromatic carbocycles. The maximum absolute atomic E-state index is 13.8. The molecule has 15 heteroatoms. The van der Waals surface area contributed by atoms with Crippen molar-refractivity contribution >= 4 is 40.8 Å². The first-order valence-electron chi connectivity index (χ1n) is 13.6. The van der Waals surface area contributed by atoms with E-state index in [1.165, 1.54) is 35.3 Å². The average molecular weight is 632 g/mol. The first kappa shape index (κ1) is 31.4. The molecule has 5 rings (SSSR count). The molecule has 3 unspecified atom stereocenters. The molecule has 3 aromatic rings. The van der Waals surface area contributed by atoms with E-state index in [0.717, 1.165) is 0 Å². The fourth-order valence-electron chi connectivity index (χ4n) is 5.01. The third-order valence-electron chi connectivity index (χ3n) is 7.37. The van der Waals surface area contributed by atoms with Gasteiger partial charge in [-0.3, -0.25) is 4.79 Å². The monoisotopic (exact) mass is 631 g/mol. The van der Waals surface area contributed by atoms with E-state index in [-0.39, 0.29) is 35.5 Å². The van der Waals surface area contributed by atoms with Gasteiger partial charge in [0.25, 0.3) is 0 Å². The lowest BCUT2D eigenvalue weighted by Crippen LogP contribution is -2.63. The van der Waals surface area contributed by atoms with Crippen LogP contribution in [0.4, 0.5) is 19.0 Å². The molecule has 0 saturated carbocycles. The summed E-state index contributed by atoms with van der Waals surface area (Å²) in [5.74, 6) is -0.835. The van der Waals surface area contributed by atoms with Crippen molar-refractivity contribution in [3.05, 3.63) is 82.0 Å². The Balaban J connectivity index is 1.34. The molecule has 0 spiro atoms. The lowest BCUT2D eigenvalue weighted by atomic mass is 10.0. The lowest BCUT2D eigenvalue weighted by Gasteiger charge is -2.40. The number of para-hydroxylation sites is 1. The molecule has 1 aliphatic carbocycles. The second-order valence-electron chi connectivity index (χ2n) is 10.3. The number of nitrogens with two attached hydrogens (primary N) is 2. The van der Waals surface area contributed by atoms with Gasteiger partial charge in [-0.1, -0.05) is 12.1 Å². The molecule has 3 atom stereocenters. The van der Waals surface area contributed by atoms with Crippen molar-refractivity contribution in [2.24, 2.45) is 5.73 Å². The molecular weight excluding hydrogens is 599 g/mol. The van der Waals surface area contributed by atoms with Crippen molar-refractivity contribution in [1.82, 2.24) is 24.4 Å². The molecule has 6 N–H and O–H groups in total. The number of aromatic nitrogens is 3. The summed E-state index contributed by atoms with van der Waals surface area (Å²) in [6.45, 7) is -0.211. The molecular formula is C29H32F3N7O4S. The first-order chi connectivity index (χ1) is 21.0. The molecule has 0 bridgehead atoms. The maximum atomic E-state index is 13.8. The highest BCUT2D eigenvalue weighted by Gasteiger charge is 2.36. The summed E-state index contributed by atoms with van der Waals surface area (Å²) in [7, 11) is 0. The Bertz CT molecular complexity index is 1700. The standard InChI is InChI=1S/C29H32F3N7O4S/c1-16(7-8-42-25-6-4-3-5-20(25)30)24(12-33)39-28(34)19(13-35-39)27(40)23-9-17-10-26(43-29(31)32)22(11-21(17)37-23)36-18-14-38(15-18)44(2)41/h3-7,9-13,18,22,26,29,36-37H,8,14-15,33-34H2,1-2H3/b16-7-,24-12+. The molecule has 2 aliphatic rings. The number of nitrogens with one attached hydrogen (secondary N) is 2. The molecule has 3 heterocycles. The number of hydrogen-bond donors (Lipinski definition) is 4. The summed E-state index contributed by atoms with van der Waals surface area (Å²) in [5, 5.41) is 8.59. The number of alkyl halides is 2. The van der Waals surface area contributed by atoms with Crippen molar-refractivity contribution in [2.75, 3.05) is 31.7 Å². The van der Waals surface area contributed by atoms with Gasteiger partial charge in [0.2, 0.25) is 5.78 Å². The summed E-state index contributed by atoms with van der Waals surface area (Å²) >= 11 is -1.11. The van der Waals surface area contributed by atoms with Crippen LogP contribution in [0.15, 0.2) is 54.4 Å². The predicted octanol–water partition coefficient (Wildman–Crippen LogP) is 1.06. The van der Waals surface area contributed by atoms with Gasteiger partial charge in [0, 0.05) is 29.0 Å². The second kappa shape index (κ2) is 13.3. The van der Waals surface area contributed by atoms with Crippen molar-refractivity contribution in [3.63, 3.8) is 0 Å². The molecule has 11 nitrogen and oxygen atoms in total. The van der Waals surface area contributed by atoms with Gasteiger partial charge in [-0.2, -0.15) is 13.9 Å². The highest BCUT2D eigenvalue weighted by Crippen LogP contribution is 2.23. The zero-order valence-electron chi connectivity index (χ0n) is 23.9. The van der Waals surface area contributed by atoms with E-state index in [4.69, 9.17) is 20.9 Å². The molecule has 44 heavy (non-hydrogen) atoms. The number of nitrogens with zero attached hydrogens (tertiary/aromatic N) is 3. The van der Waals surface area contributed by atoms with Crippen molar-refractivity contribution in [3.8, 4) is 5.75 Å². The molecule has 1 aliphatic heterocycles. The zero-order chi connectivity index (χ0) is 31.5. The van der Waals surface area contributed by atoms with Crippen molar-refractivity contribution < 1.29 is 32.0 Å². The fraction of sp³-hybridized carbons (Fsp3) is 0.310. The third kappa shape index (κ3) is 6.71. The van der Waals surface area contributed by atoms with Gasteiger partial charge >= 0.3 is 6.61 Å². The van der Waals surface area contributed by atoms with Crippen LogP contribution >= 0.6 is 0 Å². The Labute approximate surface area is 254 Å². The van der Waals surface area contributed by atoms with Gasteiger partial charge in [0.05, 0.1) is 42.3 Å². The topological polar surface area (TPSA) is 160 Å². The number of carbonyl (C=O) groups excluding carboxylic acids is 1. The summed E-state index contributed by atoms with van der Waals surface area (Å²) in [6.07, 6.45) is 8.07. The van der Waals surface area contributed by atoms with Gasteiger partial charge < -0.3 is 35.8 Å². The molecule has 0 radical (unpaired) electrons. The van der Waals surface area contributed by atoms with E-state index in [1.807, 2.05) is 0 Å². The summed E-state index contributed by atoms with van der Waals surface area (Å²) in [6, 6.07) is 6.89. The van der Waals surface area contributed by atoms with E-state index in [0.29, 0.717) is 34.9 Å². The van der Waals surface area contributed by atoms with Crippen molar-refractivity contribution in [1.29, 1.82) is 0 Å². The van der Waals surface area contributed by atoms with Crippen LogP contribution in [-0.4, -0.2) is 80.2 Å². The number of aromatic amines is 1. The number of halogens is 3. The predicted molar refractivity (Wildman–Crippen MR) is 160 cm³/mol. The van der Waals surface area contributed by atoms with Gasteiger partial charge in [-0.15, -0.1) is 4.31 Å². The van der Waals surface area contributed by atoms with Gasteiger partial charge in [-0.25, -0.2) is 9.07 Å². The summed E-state index contributed by atoms with van der Waals surface area (Å²) in [5.41, 5.74) is 13.5. The van der Waals surface area contributed by atoms with Crippen LogP contribution in [0.1, 0.15) is 23.0 Å². The number of fused-ring (bicyclic) bond motifs is 1. The van der Waals surface area contributed by atoms with Crippen LogP contribution in [0.5, 0.6) is 5.75 Å². The Kier molecular flexibility index (Phi) is 9.51. The van der Waals surface area contributed by atoms with E-state index in [1.54, 1.807) is 47.8 Å². The summed E-state index contributed by atoms with van der Waals surface area (Å²) in [4.78, 5) is 16.6. The van der Waals surface area contributed by atoms with Crippen LogP contribution in [0.2, 0.25) is 0 Å². The van der Waals surface area contributed by atoms with Gasteiger partial charge in [0.15, 0.2) is 11.6 Å². The third-order valence-corrected chi connectivity index (χ3v) is 8.40. The second-order valence-corrected chi connectivity index (χ2v) is 11.6. The van der Waals surface area contributed by atoms with Crippen LogP contribution in [0, 0.1) is 5.82 Å². The van der Waals surface area contributed by atoms with Crippen molar-refractivity contribution in [2.45, 2.75) is 31.7 Å². The number of benzene rings is 1. The van der Waals surface area contributed by atoms with Crippen LogP contribution < -0.4 is 32.1 Å². The fourth-order valence-corrected chi connectivity index (χ4v) is 5.79. The number of anilines is 1. The minimum Gasteiger partial charge on any atom is -0.598 e. The Hall–Kier alpha value is -4.02. The van der Waals surface area contributed by atoms with E-state index in [9.17, 15) is 22.5 Å². The molecule has 234 valence electrons. The summed E-state index contributed by atoms with van der Waals surface area (Å²) < 4.78 is 65.3. The van der Waals surface area contributed by atoms with Crippen LogP contribution in [-0.2, 0) is 16.1 Å². The number of ketones is 1. The zero-order valence-corrected chi connectivity index (χ0v) is 24.7. The normalized spacial score (nSPS) is 20.1. The lowest BCUT2D eigenvalue weighted by molar-refractivity contribution is -0.149. The number of rotatable bonds is 12. The number of carbonyl (C=O) groups is 1. The highest BCUT2D eigenvalue weighted by molar-refractivity contribution is 7.88. The average Bonchev–Trinajstić information content (AvgIpc) is 3.54. The number of hydrogen-bond acceptors (Lipinski definition) is 9. The van der Waals surface area contributed by atoms with Crippen LogP contribution in [0.3, 0.4) is 0 Å². The molecule has 0 amide bonds. The number of nitrogen functional groups attached to an aromatic ring is 1. The Morgan fingerprint density at radius 3 is 2.75 bits per heavy atom. The van der Waals surface area contributed by atoms with Gasteiger partial charge in [-0.05, 0) is 54.1 Å². The van der Waals surface area contributed by atoms with E-state index < -0.39 is 41.7 Å². The van der Waals surface area contributed by atoms with E-state index >= 15 is 0 Å². The minimum absolute atomic E-state index is 0.0244. The quantitative estimate of drug-likeness (QED) is 0.130. The molecule has 2 aromatic heterocycles.